The number of para-hydroxylation sites is 1. The predicted octanol–water partition coefficient (Wildman–Crippen LogP) is 1.27. The first kappa shape index (κ1) is 10.3. The number of carbonyl (C=O) groups is 2. The quantitative estimate of drug-likeness (QED) is 0.673. The zero-order chi connectivity index (χ0) is 12.0. The van der Waals surface area contributed by atoms with Gasteiger partial charge in [0.05, 0.1) is 11.3 Å². The number of benzene rings is 1. The molecule has 1 aromatic rings. The molecule has 2 heterocycles. The molecule has 2 aliphatic heterocycles. The molecule has 0 bridgehead atoms. The van der Waals surface area contributed by atoms with E-state index in [9.17, 15) is 9.59 Å². The second-order valence-electron chi connectivity index (χ2n) is 4.57. The summed E-state index contributed by atoms with van der Waals surface area (Å²) in [5.74, 6) is 0.0154. The van der Waals surface area contributed by atoms with Crippen LogP contribution in [0.25, 0.3) is 0 Å². The van der Waals surface area contributed by atoms with Gasteiger partial charge in [-0.15, -0.1) is 0 Å². The molecule has 1 saturated heterocycles. The van der Waals surface area contributed by atoms with Crippen molar-refractivity contribution in [2.45, 2.75) is 18.9 Å². The summed E-state index contributed by atoms with van der Waals surface area (Å²) in [5.41, 5.74) is 1.35. The van der Waals surface area contributed by atoms with Gasteiger partial charge >= 0.3 is 0 Å². The number of hydrogen-bond acceptors (Lipinski definition) is 2. The van der Waals surface area contributed by atoms with Gasteiger partial charge < -0.3 is 9.80 Å². The van der Waals surface area contributed by atoms with E-state index in [4.69, 9.17) is 0 Å². The van der Waals surface area contributed by atoms with Crippen molar-refractivity contribution >= 4 is 17.5 Å². The van der Waals surface area contributed by atoms with Gasteiger partial charge in [0.2, 0.25) is 5.91 Å². The lowest BCUT2D eigenvalue weighted by atomic mass is 10.1. The smallest absolute Gasteiger partial charge is 0.256 e. The Hall–Kier alpha value is -1.84. The van der Waals surface area contributed by atoms with Gasteiger partial charge in [-0.3, -0.25) is 9.59 Å². The highest BCUT2D eigenvalue weighted by Gasteiger charge is 2.40. The van der Waals surface area contributed by atoms with Crippen LogP contribution in [0.1, 0.15) is 23.2 Å². The van der Waals surface area contributed by atoms with Crippen LogP contribution in [0, 0.1) is 0 Å². The molecular formula is C13H14N2O2. The molecule has 1 atom stereocenters. The number of rotatable bonds is 0. The van der Waals surface area contributed by atoms with Crippen molar-refractivity contribution in [1.82, 2.24) is 4.90 Å². The molecule has 0 N–H and O–H groups in total. The van der Waals surface area contributed by atoms with E-state index in [0.29, 0.717) is 12.1 Å². The van der Waals surface area contributed by atoms with E-state index in [0.717, 1.165) is 18.5 Å². The van der Waals surface area contributed by atoms with Gasteiger partial charge in [-0.05, 0) is 25.0 Å². The third-order valence-corrected chi connectivity index (χ3v) is 3.63. The molecule has 2 aliphatic rings. The Morgan fingerprint density at radius 2 is 2.00 bits per heavy atom. The van der Waals surface area contributed by atoms with E-state index in [-0.39, 0.29) is 17.9 Å². The van der Waals surface area contributed by atoms with Crippen molar-refractivity contribution in [2.24, 2.45) is 0 Å². The van der Waals surface area contributed by atoms with E-state index in [1.54, 1.807) is 22.9 Å². The Kier molecular flexibility index (Phi) is 2.18. The van der Waals surface area contributed by atoms with Crippen LogP contribution < -0.4 is 4.90 Å². The van der Waals surface area contributed by atoms with E-state index in [2.05, 4.69) is 0 Å². The largest absolute Gasteiger partial charge is 0.327 e. The van der Waals surface area contributed by atoms with Crippen LogP contribution in [0.15, 0.2) is 24.3 Å². The summed E-state index contributed by atoms with van der Waals surface area (Å²) in [6.45, 7) is 0.692. The van der Waals surface area contributed by atoms with Gasteiger partial charge in [-0.1, -0.05) is 12.1 Å². The van der Waals surface area contributed by atoms with Crippen LogP contribution in [0.5, 0.6) is 0 Å². The molecule has 3 rings (SSSR count). The molecule has 0 aromatic heterocycles. The van der Waals surface area contributed by atoms with Crippen LogP contribution in [0.3, 0.4) is 0 Å². The average Bonchev–Trinajstić information content (AvgIpc) is 2.82. The third-order valence-electron chi connectivity index (χ3n) is 3.63. The van der Waals surface area contributed by atoms with E-state index in [1.807, 2.05) is 18.2 Å². The van der Waals surface area contributed by atoms with Gasteiger partial charge in [-0.25, -0.2) is 0 Å². The Balaban J connectivity index is 2.17. The molecule has 1 aromatic carbocycles. The third kappa shape index (κ3) is 1.37. The van der Waals surface area contributed by atoms with Gasteiger partial charge in [0.25, 0.3) is 5.91 Å². The molecule has 1 unspecified atom stereocenters. The molecule has 0 radical (unpaired) electrons. The first-order valence-electron chi connectivity index (χ1n) is 5.87. The fraction of sp³-hybridized carbons (Fsp3) is 0.385. The first-order valence-corrected chi connectivity index (χ1v) is 5.87. The minimum Gasteiger partial charge on any atom is -0.327 e. The normalized spacial score (nSPS) is 23.5. The Labute approximate surface area is 99.8 Å². The fourth-order valence-corrected chi connectivity index (χ4v) is 2.71. The van der Waals surface area contributed by atoms with Crippen LogP contribution in [-0.2, 0) is 4.79 Å². The molecular weight excluding hydrogens is 216 g/mol. The van der Waals surface area contributed by atoms with Gasteiger partial charge in [0.15, 0.2) is 0 Å². The van der Waals surface area contributed by atoms with Crippen LogP contribution in [0.2, 0.25) is 0 Å². The molecule has 0 aliphatic carbocycles. The highest BCUT2D eigenvalue weighted by atomic mass is 16.2. The summed E-state index contributed by atoms with van der Waals surface area (Å²) in [6, 6.07) is 7.05. The number of anilines is 1. The van der Waals surface area contributed by atoms with Crippen LogP contribution >= 0.6 is 0 Å². The number of carbonyl (C=O) groups excluding carboxylic acids is 2. The maximum absolute atomic E-state index is 12.4. The standard InChI is InChI=1S/C13H14N2O2/c1-14-10-6-3-2-5-9(10)12(16)15-8-4-7-11(15)13(14)17/h2-3,5-6,11H,4,7-8H2,1H3. The topological polar surface area (TPSA) is 40.6 Å². The number of likely N-dealkylation sites (N-methyl/N-ethyl adjacent to an activating group) is 1. The lowest BCUT2D eigenvalue weighted by molar-refractivity contribution is -0.121. The first-order chi connectivity index (χ1) is 8.20. The zero-order valence-corrected chi connectivity index (χ0v) is 9.72. The zero-order valence-electron chi connectivity index (χ0n) is 9.72. The average molecular weight is 230 g/mol. The summed E-state index contributed by atoms with van der Waals surface area (Å²) >= 11 is 0. The fourth-order valence-electron chi connectivity index (χ4n) is 2.71. The summed E-state index contributed by atoms with van der Waals surface area (Å²) < 4.78 is 0. The molecule has 4 nitrogen and oxygen atoms in total. The van der Waals surface area contributed by atoms with Crippen molar-refractivity contribution in [3.05, 3.63) is 29.8 Å². The minimum absolute atomic E-state index is 0.0131. The minimum atomic E-state index is -0.264. The van der Waals surface area contributed by atoms with Gasteiger partial charge in [-0.2, -0.15) is 0 Å². The predicted molar refractivity (Wildman–Crippen MR) is 63.9 cm³/mol. The van der Waals surface area contributed by atoms with E-state index in [1.165, 1.54) is 0 Å². The molecule has 2 amide bonds. The molecule has 1 fully saturated rings. The second kappa shape index (κ2) is 3.58. The highest BCUT2D eigenvalue weighted by Crippen LogP contribution is 2.31. The lowest BCUT2D eigenvalue weighted by Crippen LogP contribution is -2.43. The maximum atomic E-state index is 12.4. The van der Waals surface area contributed by atoms with E-state index < -0.39 is 0 Å². The highest BCUT2D eigenvalue weighted by molar-refractivity contribution is 6.10. The molecule has 17 heavy (non-hydrogen) atoms. The lowest BCUT2D eigenvalue weighted by Gasteiger charge is -2.22. The Morgan fingerprint density at radius 3 is 2.82 bits per heavy atom. The summed E-state index contributed by atoms with van der Waals surface area (Å²) in [6.07, 6.45) is 1.70. The SMILES string of the molecule is CN1C(=O)C2CCCN2C(=O)c2ccccc21. The van der Waals surface area contributed by atoms with Crippen molar-refractivity contribution in [2.75, 3.05) is 18.5 Å². The molecule has 88 valence electrons. The monoisotopic (exact) mass is 230 g/mol. The van der Waals surface area contributed by atoms with Crippen molar-refractivity contribution in [1.29, 1.82) is 0 Å². The summed E-state index contributed by atoms with van der Waals surface area (Å²) in [4.78, 5) is 28.0. The molecule has 0 spiro atoms. The van der Waals surface area contributed by atoms with E-state index >= 15 is 0 Å². The van der Waals surface area contributed by atoms with Gasteiger partial charge in [0.1, 0.15) is 6.04 Å². The number of fused-ring (bicyclic) bond motifs is 2. The Morgan fingerprint density at radius 1 is 1.24 bits per heavy atom. The number of nitrogens with zero attached hydrogens (tertiary/aromatic N) is 2. The number of hydrogen-bond donors (Lipinski definition) is 0. The van der Waals surface area contributed by atoms with Crippen molar-refractivity contribution < 1.29 is 9.59 Å². The Bertz CT molecular complexity index is 498. The van der Waals surface area contributed by atoms with Gasteiger partial charge in [0, 0.05) is 13.6 Å². The molecule has 0 saturated carbocycles. The maximum Gasteiger partial charge on any atom is 0.256 e. The summed E-state index contributed by atoms with van der Waals surface area (Å²) in [7, 11) is 1.75. The molecule has 4 heteroatoms. The summed E-state index contributed by atoms with van der Waals surface area (Å²) in [5, 5.41) is 0. The number of amides is 2. The van der Waals surface area contributed by atoms with Crippen LogP contribution in [0.4, 0.5) is 5.69 Å². The van der Waals surface area contributed by atoms with Crippen LogP contribution in [-0.4, -0.2) is 36.3 Å². The van der Waals surface area contributed by atoms with Crippen molar-refractivity contribution in [3.63, 3.8) is 0 Å². The van der Waals surface area contributed by atoms with Crippen molar-refractivity contribution in [3.8, 4) is 0 Å². The second-order valence-corrected chi connectivity index (χ2v) is 4.57.